The van der Waals surface area contributed by atoms with Gasteiger partial charge in [-0.25, -0.2) is 0 Å². The van der Waals surface area contributed by atoms with Gasteiger partial charge in [-0.1, -0.05) is 6.92 Å². The molecule has 1 unspecified atom stereocenters. The molecule has 0 aliphatic rings. The molecule has 0 rings (SSSR count). The van der Waals surface area contributed by atoms with Crippen LogP contribution in [-0.2, 0) is 4.79 Å². The van der Waals surface area contributed by atoms with Crippen LogP contribution in [0.3, 0.4) is 0 Å². The lowest BCUT2D eigenvalue weighted by molar-refractivity contribution is -0.133. The molecule has 0 spiro atoms. The van der Waals surface area contributed by atoms with Gasteiger partial charge in [0.2, 0.25) is 5.91 Å². The first-order valence-electron chi connectivity index (χ1n) is 4.85. The summed E-state index contributed by atoms with van der Waals surface area (Å²) in [6.45, 7) is 3.06. The van der Waals surface area contributed by atoms with E-state index in [0.29, 0.717) is 0 Å². The molecule has 0 saturated carbocycles. The molecular weight excluding hydrogens is 200 g/mol. The van der Waals surface area contributed by atoms with Crippen molar-refractivity contribution in [3.05, 3.63) is 0 Å². The maximum Gasteiger partial charge on any atom is 0.225 e. The normalized spacial score (nSPS) is 12.1. The van der Waals surface area contributed by atoms with Crippen molar-refractivity contribution < 1.29 is 4.79 Å². The molecular formula is C10H23ClN2O. The molecule has 0 saturated heterocycles. The van der Waals surface area contributed by atoms with Crippen molar-refractivity contribution in [1.82, 2.24) is 9.80 Å². The quantitative estimate of drug-likeness (QED) is 0.704. The molecule has 0 aromatic rings. The van der Waals surface area contributed by atoms with Gasteiger partial charge in [-0.2, -0.15) is 0 Å². The molecule has 0 N–H and O–H groups in total. The minimum atomic E-state index is 0. The zero-order valence-electron chi connectivity index (χ0n) is 9.91. The predicted molar refractivity (Wildman–Crippen MR) is 62.9 cm³/mol. The Labute approximate surface area is 93.9 Å². The van der Waals surface area contributed by atoms with E-state index in [-0.39, 0.29) is 24.2 Å². The van der Waals surface area contributed by atoms with E-state index in [9.17, 15) is 4.79 Å². The Balaban J connectivity index is 0. The standard InChI is InChI=1S/C10H22N2O.ClH/c1-6-9(7-8-11(2)3)10(13)12(4)5;/h9H,6-8H2,1-5H3;1H. The lowest BCUT2D eigenvalue weighted by atomic mass is 10.0. The van der Waals surface area contributed by atoms with Gasteiger partial charge in [0.1, 0.15) is 0 Å². The molecule has 1 amide bonds. The van der Waals surface area contributed by atoms with Crippen LogP contribution in [-0.4, -0.2) is 50.4 Å². The molecule has 3 nitrogen and oxygen atoms in total. The van der Waals surface area contributed by atoms with E-state index in [1.54, 1.807) is 4.90 Å². The smallest absolute Gasteiger partial charge is 0.225 e. The van der Waals surface area contributed by atoms with Crippen molar-refractivity contribution in [3.8, 4) is 0 Å². The number of hydrogen-bond donors (Lipinski definition) is 0. The van der Waals surface area contributed by atoms with E-state index in [1.165, 1.54) is 0 Å². The van der Waals surface area contributed by atoms with Crippen LogP contribution >= 0.6 is 12.4 Å². The molecule has 14 heavy (non-hydrogen) atoms. The van der Waals surface area contributed by atoms with Gasteiger partial charge in [-0.05, 0) is 33.5 Å². The van der Waals surface area contributed by atoms with Crippen molar-refractivity contribution in [2.75, 3.05) is 34.7 Å². The van der Waals surface area contributed by atoms with E-state index >= 15 is 0 Å². The lowest BCUT2D eigenvalue weighted by Crippen LogP contribution is -2.31. The van der Waals surface area contributed by atoms with Gasteiger partial charge in [-0.3, -0.25) is 4.79 Å². The number of carbonyl (C=O) groups is 1. The second-order valence-corrected chi connectivity index (χ2v) is 3.93. The highest BCUT2D eigenvalue weighted by molar-refractivity contribution is 5.85. The molecule has 0 aliphatic heterocycles. The summed E-state index contributed by atoms with van der Waals surface area (Å²) in [5.74, 6) is 0.446. The van der Waals surface area contributed by atoms with Crippen LogP contribution < -0.4 is 0 Å². The Kier molecular flexibility index (Phi) is 9.31. The van der Waals surface area contributed by atoms with Crippen LogP contribution in [0.2, 0.25) is 0 Å². The molecule has 0 radical (unpaired) electrons. The second-order valence-electron chi connectivity index (χ2n) is 3.93. The number of carbonyl (C=O) groups excluding carboxylic acids is 1. The SMILES string of the molecule is CCC(CCN(C)C)C(=O)N(C)C.Cl. The summed E-state index contributed by atoms with van der Waals surface area (Å²) >= 11 is 0. The Morgan fingerprint density at radius 1 is 1.21 bits per heavy atom. The fourth-order valence-corrected chi connectivity index (χ4v) is 1.28. The molecule has 0 aromatic carbocycles. The van der Waals surface area contributed by atoms with Gasteiger partial charge in [-0.15, -0.1) is 12.4 Å². The van der Waals surface area contributed by atoms with Gasteiger partial charge in [0, 0.05) is 20.0 Å². The summed E-state index contributed by atoms with van der Waals surface area (Å²) in [6, 6.07) is 0. The zero-order valence-corrected chi connectivity index (χ0v) is 10.7. The van der Waals surface area contributed by atoms with Crippen LogP contribution in [0.4, 0.5) is 0 Å². The Morgan fingerprint density at radius 3 is 2.00 bits per heavy atom. The molecule has 1 atom stereocenters. The molecule has 86 valence electrons. The van der Waals surface area contributed by atoms with Gasteiger partial charge < -0.3 is 9.80 Å². The minimum Gasteiger partial charge on any atom is -0.349 e. The van der Waals surface area contributed by atoms with Crippen LogP contribution in [0.1, 0.15) is 19.8 Å². The van der Waals surface area contributed by atoms with Crippen molar-refractivity contribution >= 4 is 18.3 Å². The summed E-state index contributed by atoms with van der Waals surface area (Å²) in [5.41, 5.74) is 0. The van der Waals surface area contributed by atoms with Crippen LogP contribution in [0.15, 0.2) is 0 Å². The van der Waals surface area contributed by atoms with Gasteiger partial charge in [0.05, 0.1) is 0 Å². The molecule has 4 heteroatoms. The lowest BCUT2D eigenvalue weighted by Gasteiger charge is -2.20. The Hall–Kier alpha value is -0.280. The highest BCUT2D eigenvalue weighted by Crippen LogP contribution is 2.10. The molecule has 0 aliphatic carbocycles. The first-order valence-corrected chi connectivity index (χ1v) is 4.85. The van der Waals surface area contributed by atoms with Crippen molar-refractivity contribution in [3.63, 3.8) is 0 Å². The first-order chi connectivity index (χ1) is 5.99. The molecule has 0 fully saturated rings. The summed E-state index contributed by atoms with van der Waals surface area (Å²) < 4.78 is 0. The average molecular weight is 223 g/mol. The maximum atomic E-state index is 11.6. The molecule has 0 bridgehead atoms. The summed E-state index contributed by atoms with van der Waals surface area (Å²) in [4.78, 5) is 15.4. The topological polar surface area (TPSA) is 23.6 Å². The third-order valence-corrected chi connectivity index (χ3v) is 2.21. The molecule has 0 heterocycles. The van der Waals surface area contributed by atoms with Crippen LogP contribution in [0.25, 0.3) is 0 Å². The highest BCUT2D eigenvalue weighted by atomic mass is 35.5. The van der Waals surface area contributed by atoms with Gasteiger partial charge in [0.15, 0.2) is 0 Å². The summed E-state index contributed by atoms with van der Waals surface area (Å²) in [7, 11) is 7.71. The van der Waals surface area contributed by atoms with E-state index in [2.05, 4.69) is 11.8 Å². The van der Waals surface area contributed by atoms with Crippen LogP contribution in [0.5, 0.6) is 0 Å². The number of hydrogen-bond acceptors (Lipinski definition) is 2. The van der Waals surface area contributed by atoms with Crippen molar-refractivity contribution in [2.45, 2.75) is 19.8 Å². The summed E-state index contributed by atoms with van der Waals surface area (Å²) in [5, 5.41) is 0. The highest BCUT2D eigenvalue weighted by Gasteiger charge is 2.17. The third-order valence-electron chi connectivity index (χ3n) is 2.21. The van der Waals surface area contributed by atoms with E-state index in [1.807, 2.05) is 28.2 Å². The van der Waals surface area contributed by atoms with Gasteiger partial charge in [0.25, 0.3) is 0 Å². The second kappa shape index (κ2) is 8.06. The third kappa shape index (κ3) is 6.22. The minimum absolute atomic E-state index is 0. The van der Waals surface area contributed by atoms with E-state index in [4.69, 9.17) is 0 Å². The zero-order chi connectivity index (χ0) is 10.4. The van der Waals surface area contributed by atoms with Crippen molar-refractivity contribution in [2.24, 2.45) is 5.92 Å². The van der Waals surface area contributed by atoms with E-state index in [0.717, 1.165) is 19.4 Å². The molecule has 0 aromatic heterocycles. The number of amides is 1. The Morgan fingerprint density at radius 2 is 1.71 bits per heavy atom. The monoisotopic (exact) mass is 222 g/mol. The average Bonchev–Trinajstić information content (AvgIpc) is 2.04. The fraction of sp³-hybridized carbons (Fsp3) is 0.900. The summed E-state index contributed by atoms with van der Waals surface area (Å²) in [6.07, 6.45) is 1.89. The first kappa shape index (κ1) is 16.2. The fourth-order valence-electron chi connectivity index (χ4n) is 1.28. The van der Waals surface area contributed by atoms with E-state index < -0.39 is 0 Å². The predicted octanol–water partition coefficient (Wildman–Crippen LogP) is 1.47. The van der Waals surface area contributed by atoms with Gasteiger partial charge >= 0.3 is 0 Å². The van der Waals surface area contributed by atoms with Crippen LogP contribution in [0, 0.1) is 5.92 Å². The van der Waals surface area contributed by atoms with Crippen molar-refractivity contribution in [1.29, 1.82) is 0 Å². The number of nitrogens with zero attached hydrogens (tertiary/aromatic N) is 2. The largest absolute Gasteiger partial charge is 0.349 e. The number of rotatable bonds is 5. The maximum absolute atomic E-state index is 11.6. The number of halogens is 1. The Bertz CT molecular complexity index is 160.